The zero-order valence-corrected chi connectivity index (χ0v) is 25.4. The first-order valence-electron chi connectivity index (χ1n) is 15.3. The molecule has 12 atom stereocenters. The quantitative estimate of drug-likeness (QED) is 0.308. The van der Waals surface area contributed by atoms with Gasteiger partial charge in [-0.25, -0.2) is 0 Å². The molecule has 5 rings (SSSR count). The fourth-order valence-corrected chi connectivity index (χ4v) is 11.5. The van der Waals surface area contributed by atoms with Gasteiger partial charge in [0.05, 0.1) is 6.10 Å². The molecule has 0 saturated heterocycles. The van der Waals surface area contributed by atoms with Crippen LogP contribution in [0.2, 0.25) is 0 Å². The number of methoxy groups -OCH3 is 1. The summed E-state index contributed by atoms with van der Waals surface area (Å²) in [6.07, 6.45) is 10.3. The molecule has 5 aliphatic rings. The average molecular weight is 529 g/mol. The van der Waals surface area contributed by atoms with Crippen molar-refractivity contribution in [1.29, 1.82) is 0 Å². The summed E-state index contributed by atoms with van der Waals surface area (Å²) in [7, 11) is 1.85. The predicted octanol–water partition coefficient (Wildman–Crippen LogP) is 7.29. The first kappa shape index (κ1) is 28.2. The van der Waals surface area contributed by atoms with Gasteiger partial charge in [-0.15, -0.1) is 0 Å². The molecule has 4 saturated carbocycles. The zero-order valence-electron chi connectivity index (χ0n) is 25.4. The second-order valence-corrected chi connectivity index (χ2v) is 15.4. The minimum Gasteiger partial charge on any atom is -0.481 e. The molecule has 5 heteroatoms. The van der Waals surface area contributed by atoms with Gasteiger partial charge in [0.2, 0.25) is 0 Å². The van der Waals surface area contributed by atoms with Crippen LogP contribution < -0.4 is 0 Å². The summed E-state index contributed by atoms with van der Waals surface area (Å²) in [5.41, 5.74) is 0.744. The predicted molar refractivity (Wildman–Crippen MR) is 148 cm³/mol. The summed E-state index contributed by atoms with van der Waals surface area (Å²) in [6, 6.07) is 0. The Labute approximate surface area is 230 Å². The maximum atomic E-state index is 13.0. The highest BCUT2D eigenvalue weighted by Gasteiger charge is 2.72. The Balaban J connectivity index is 1.64. The third kappa shape index (κ3) is 3.45. The number of allylic oxidation sites excluding steroid dienone is 1. The van der Waals surface area contributed by atoms with Crippen LogP contribution in [0.5, 0.6) is 0 Å². The number of carboxylic acid groups (broad SMARTS) is 1. The Morgan fingerprint density at radius 3 is 2.24 bits per heavy atom. The topological polar surface area (TPSA) is 72.8 Å². The van der Waals surface area contributed by atoms with E-state index in [1.54, 1.807) is 5.57 Å². The molecule has 0 aromatic heterocycles. The van der Waals surface area contributed by atoms with Gasteiger partial charge in [-0.1, -0.05) is 53.2 Å². The fraction of sp³-hybridized carbons (Fsp3) is 0.879. The van der Waals surface area contributed by atoms with E-state index < -0.39 is 17.5 Å². The highest BCUT2D eigenvalue weighted by atomic mass is 16.5. The Hall–Kier alpha value is -1.36. The van der Waals surface area contributed by atoms with Crippen molar-refractivity contribution in [2.45, 2.75) is 119 Å². The molecule has 38 heavy (non-hydrogen) atoms. The van der Waals surface area contributed by atoms with Crippen LogP contribution in [-0.4, -0.2) is 36.4 Å². The van der Waals surface area contributed by atoms with E-state index in [0.29, 0.717) is 23.7 Å². The van der Waals surface area contributed by atoms with Gasteiger partial charge >= 0.3 is 11.9 Å². The minimum atomic E-state index is -1.11. The molecule has 5 aliphatic carbocycles. The van der Waals surface area contributed by atoms with E-state index in [-0.39, 0.29) is 40.2 Å². The van der Waals surface area contributed by atoms with E-state index >= 15 is 0 Å². The molecule has 0 aliphatic heterocycles. The second kappa shape index (κ2) is 8.82. The smallest absolute Gasteiger partial charge is 0.313 e. The van der Waals surface area contributed by atoms with Crippen molar-refractivity contribution < 1.29 is 24.2 Å². The molecule has 0 aromatic carbocycles. The first-order valence-corrected chi connectivity index (χ1v) is 15.3. The summed E-state index contributed by atoms with van der Waals surface area (Å²) in [4.78, 5) is 25.0. The Morgan fingerprint density at radius 2 is 1.63 bits per heavy atom. The van der Waals surface area contributed by atoms with Crippen molar-refractivity contribution in [3.8, 4) is 0 Å². The highest BCUT2D eigenvalue weighted by Crippen LogP contribution is 2.76. The van der Waals surface area contributed by atoms with Gasteiger partial charge < -0.3 is 14.6 Å². The van der Waals surface area contributed by atoms with E-state index in [1.165, 1.54) is 32.6 Å². The number of ether oxygens (including phenoxy) is 2. The lowest BCUT2D eigenvalue weighted by atomic mass is 9.33. The number of esters is 1. The van der Waals surface area contributed by atoms with Gasteiger partial charge in [0.25, 0.3) is 0 Å². The van der Waals surface area contributed by atoms with Crippen molar-refractivity contribution in [1.82, 2.24) is 0 Å². The second-order valence-electron chi connectivity index (χ2n) is 15.4. The summed E-state index contributed by atoms with van der Waals surface area (Å²) in [5.74, 6) is 0.860. The van der Waals surface area contributed by atoms with Crippen LogP contribution in [0.15, 0.2) is 11.6 Å². The number of fused-ring (bicyclic) bond motifs is 7. The third-order valence-corrected chi connectivity index (χ3v) is 14.0. The van der Waals surface area contributed by atoms with Crippen LogP contribution in [0.25, 0.3) is 0 Å². The fourth-order valence-electron chi connectivity index (χ4n) is 11.5. The largest absolute Gasteiger partial charge is 0.481 e. The monoisotopic (exact) mass is 528 g/mol. The van der Waals surface area contributed by atoms with E-state index in [0.717, 1.165) is 25.2 Å². The van der Waals surface area contributed by atoms with Crippen molar-refractivity contribution in [2.75, 3.05) is 7.11 Å². The van der Waals surface area contributed by atoms with Gasteiger partial charge in [-0.05, 0) is 104 Å². The number of carbonyl (C=O) groups excluding carboxylic acids is 1. The van der Waals surface area contributed by atoms with E-state index in [9.17, 15) is 14.7 Å². The number of carbonyl (C=O) groups is 2. The summed E-state index contributed by atoms with van der Waals surface area (Å²) in [5, 5.41) is 10.6. The van der Waals surface area contributed by atoms with Crippen molar-refractivity contribution in [3.05, 3.63) is 11.6 Å². The van der Waals surface area contributed by atoms with Crippen molar-refractivity contribution in [2.24, 2.45) is 56.7 Å². The van der Waals surface area contributed by atoms with E-state index in [1.807, 2.05) is 14.0 Å². The number of hydrogen-bond donors (Lipinski definition) is 1. The lowest BCUT2D eigenvalue weighted by molar-refractivity contribution is -0.239. The molecule has 1 N–H and O–H groups in total. The molecule has 0 bridgehead atoms. The van der Waals surface area contributed by atoms with E-state index in [2.05, 4.69) is 47.6 Å². The zero-order chi connectivity index (χ0) is 28.1. The number of carboxylic acids is 1. The van der Waals surface area contributed by atoms with Gasteiger partial charge in [0.1, 0.15) is 11.5 Å². The normalized spacial score (nSPS) is 53.9. The summed E-state index contributed by atoms with van der Waals surface area (Å²) < 4.78 is 12.1. The van der Waals surface area contributed by atoms with Crippen LogP contribution in [0.1, 0.15) is 107 Å². The SMILES string of the molecule is CO[C@@H]1C=C2[C@@H]3[C@H](C)[C@H](C)CC[C@]3(C)CC[C@]2(C)[C@]2(C)CC[C@@H]3[C@](C)(CC[C@H](OC(C)=O)[C@]3(C)C(=O)O)[C@@H]12. The summed E-state index contributed by atoms with van der Waals surface area (Å²) in [6.45, 7) is 18.1. The van der Waals surface area contributed by atoms with Crippen LogP contribution >= 0.6 is 0 Å². The lowest BCUT2D eigenvalue weighted by Crippen LogP contribution is -2.69. The molecule has 5 nitrogen and oxygen atoms in total. The maximum absolute atomic E-state index is 13.0. The van der Waals surface area contributed by atoms with Crippen LogP contribution in [0.4, 0.5) is 0 Å². The molecule has 0 aromatic rings. The Bertz CT molecular complexity index is 1030. The standard InChI is InChI=1S/C33H52O5/c1-19-10-13-29(4)16-17-31(6)22(26(29)20(19)2)18-23(37-9)27-30(5)14-12-25(38-21(3)34)33(8,28(35)36)24(30)11-15-32(27,31)7/h18-20,23-27H,10-17H2,1-9H3,(H,35,36)/t19-,20-,23-,24-,25+,26+,27-,29-,30+,31+,32-,33-/m1/s1. The number of aliphatic carboxylic acids is 1. The van der Waals surface area contributed by atoms with Crippen molar-refractivity contribution >= 4 is 11.9 Å². The van der Waals surface area contributed by atoms with Crippen LogP contribution in [-0.2, 0) is 19.1 Å². The van der Waals surface area contributed by atoms with E-state index in [4.69, 9.17) is 9.47 Å². The molecule has 0 spiro atoms. The molecule has 214 valence electrons. The Morgan fingerprint density at radius 1 is 0.947 bits per heavy atom. The first-order chi connectivity index (χ1) is 17.6. The Kier molecular flexibility index (Phi) is 6.54. The average Bonchev–Trinajstić information content (AvgIpc) is 2.84. The van der Waals surface area contributed by atoms with Gasteiger partial charge in [0, 0.05) is 20.0 Å². The minimum absolute atomic E-state index is 0.0123. The lowest BCUT2D eigenvalue weighted by Gasteiger charge is -2.72. The van der Waals surface area contributed by atoms with Crippen molar-refractivity contribution in [3.63, 3.8) is 0 Å². The molecule has 0 amide bonds. The molecule has 0 radical (unpaired) electrons. The third-order valence-electron chi connectivity index (χ3n) is 14.0. The van der Waals surface area contributed by atoms with Gasteiger partial charge in [-0.3, -0.25) is 9.59 Å². The summed E-state index contributed by atoms with van der Waals surface area (Å²) >= 11 is 0. The van der Waals surface area contributed by atoms with Crippen LogP contribution in [0, 0.1) is 56.7 Å². The molecule has 0 heterocycles. The molecular weight excluding hydrogens is 476 g/mol. The molecular formula is C33H52O5. The van der Waals surface area contributed by atoms with Crippen LogP contribution in [0.3, 0.4) is 0 Å². The van der Waals surface area contributed by atoms with Gasteiger partial charge in [0.15, 0.2) is 0 Å². The number of rotatable bonds is 3. The number of hydrogen-bond acceptors (Lipinski definition) is 4. The molecule has 4 fully saturated rings. The maximum Gasteiger partial charge on any atom is 0.313 e. The molecule has 0 unspecified atom stereocenters. The van der Waals surface area contributed by atoms with Gasteiger partial charge in [-0.2, -0.15) is 0 Å². The highest BCUT2D eigenvalue weighted by molar-refractivity contribution is 5.77.